The van der Waals surface area contributed by atoms with Crippen LogP contribution >= 0.6 is 0 Å². The van der Waals surface area contributed by atoms with Gasteiger partial charge in [-0.05, 0) is 12.8 Å². The van der Waals surface area contributed by atoms with E-state index in [2.05, 4.69) is 4.72 Å². The number of sulfonamides is 1. The lowest BCUT2D eigenvalue weighted by Gasteiger charge is -2.49. The maximum Gasteiger partial charge on any atom is 0.228 e. The number of nitrogens with zero attached hydrogens (tertiary/aromatic N) is 1. The fourth-order valence-electron chi connectivity index (χ4n) is 1.76. The van der Waals surface area contributed by atoms with E-state index in [1.165, 1.54) is 0 Å². The fourth-order valence-corrected chi connectivity index (χ4v) is 3.30. The molecule has 0 bridgehead atoms. The normalized spacial score (nSPS) is 30.2. The standard InChI is InChI=1S/C10H18N2O3S/c1-4-7(6-11)16(14,15)12-8-5-9(13)10(8,2)3/h7-9,12-13H,4-5H2,1-3H3. The Labute approximate surface area is 96.5 Å². The molecule has 0 spiro atoms. The molecule has 5 nitrogen and oxygen atoms in total. The predicted octanol–water partition coefficient (Wildman–Crippen LogP) is 0.367. The molecule has 16 heavy (non-hydrogen) atoms. The van der Waals surface area contributed by atoms with Crippen molar-refractivity contribution >= 4 is 10.0 Å². The molecule has 0 saturated heterocycles. The van der Waals surface area contributed by atoms with Crippen LogP contribution in [0.4, 0.5) is 0 Å². The molecule has 2 N–H and O–H groups in total. The second kappa shape index (κ2) is 4.32. The molecule has 1 rings (SSSR count). The lowest BCUT2D eigenvalue weighted by molar-refractivity contribution is -0.0645. The van der Waals surface area contributed by atoms with Crippen molar-refractivity contribution < 1.29 is 13.5 Å². The van der Waals surface area contributed by atoms with Gasteiger partial charge in [-0.1, -0.05) is 20.8 Å². The lowest BCUT2D eigenvalue weighted by Crippen LogP contribution is -2.61. The highest BCUT2D eigenvalue weighted by atomic mass is 32.2. The second-order valence-corrected chi connectivity index (χ2v) is 6.71. The van der Waals surface area contributed by atoms with Crippen LogP contribution in [-0.4, -0.2) is 30.9 Å². The van der Waals surface area contributed by atoms with E-state index in [9.17, 15) is 13.5 Å². The molecular weight excluding hydrogens is 228 g/mol. The maximum atomic E-state index is 11.8. The van der Waals surface area contributed by atoms with Crippen LogP contribution in [0.25, 0.3) is 0 Å². The van der Waals surface area contributed by atoms with Crippen LogP contribution in [-0.2, 0) is 10.0 Å². The van der Waals surface area contributed by atoms with Crippen molar-refractivity contribution in [3.63, 3.8) is 0 Å². The zero-order chi connectivity index (χ0) is 12.6. The maximum absolute atomic E-state index is 11.8. The lowest BCUT2D eigenvalue weighted by atomic mass is 9.65. The van der Waals surface area contributed by atoms with Gasteiger partial charge in [0.05, 0.1) is 12.2 Å². The Morgan fingerprint density at radius 3 is 2.50 bits per heavy atom. The summed E-state index contributed by atoms with van der Waals surface area (Å²) in [6.07, 6.45) is 0.192. The molecule has 0 aliphatic heterocycles. The van der Waals surface area contributed by atoms with Gasteiger partial charge in [0.15, 0.2) is 5.25 Å². The van der Waals surface area contributed by atoms with Crippen molar-refractivity contribution in [1.29, 1.82) is 5.26 Å². The van der Waals surface area contributed by atoms with E-state index in [4.69, 9.17) is 5.26 Å². The van der Waals surface area contributed by atoms with Gasteiger partial charge in [-0.2, -0.15) is 5.26 Å². The van der Waals surface area contributed by atoms with E-state index in [0.717, 1.165) is 0 Å². The molecule has 6 heteroatoms. The van der Waals surface area contributed by atoms with Gasteiger partial charge >= 0.3 is 0 Å². The van der Waals surface area contributed by atoms with Gasteiger partial charge in [-0.15, -0.1) is 0 Å². The number of aliphatic hydroxyl groups is 1. The summed E-state index contributed by atoms with van der Waals surface area (Å²) in [6.45, 7) is 5.28. The molecule has 0 heterocycles. The molecule has 0 aromatic rings. The van der Waals surface area contributed by atoms with Crippen LogP contribution in [0, 0.1) is 16.7 Å². The third-order valence-corrected chi connectivity index (χ3v) is 5.21. The molecule has 1 aliphatic carbocycles. The Morgan fingerprint density at radius 2 is 2.19 bits per heavy atom. The van der Waals surface area contributed by atoms with Gasteiger partial charge in [0.2, 0.25) is 10.0 Å². The van der Waals surface area contributed by atoms with Crippen molar-refractivity contribution in [3.05, 3.63) is 0 Å². The van der Waals surface area contributed by atoms with Crippen LogP contribution in [0.2, 0.25) is 0 Å². The van der Waals surface area contributed by atoms with Crippen LogP contribution in [0.1, 0.15) is 33.6 Å². The number of rotatable bonds is 4. The minimum absolute atomic E-state index is 0.265. The zero-order valence-corrected chi connectivity index (χ0v) is 10.6. The Hall–Kier alpha value is -0.640. The van der Waals surface area contributed by atoms with Gasteiger partial charge in [-0.3, -0.25) is 0 Å². The highest BCUT2D eigenvalue weighted by Crippen LogP contribution is 2.40. The molecular formula is C10H18N2O3S. The monoisotopic (exact) mass is 246 g/mol. The van der Waals surface area contributed by atoms with E-state index < -0.39 is 26.8 Å². The fraction of sp³-hybridized carbons (Fsp3) is 0.900. The molecule has 3 unspecified atom stereocenters. The van der Waals surface area contributed by atoms with Crippen molar-refractivity contribution in [1.82, 2.24) is 4.72 Å². The average molecular weight is 246 g/mol. The van der Waals surface area contributed by atoms with Crippen molar-refractivity contribution in [2.24, 2.45) is 5.41 Å². The Bertz CT molecular complexity index is 397. The van der Waals surface area contributed by atoms with E-state index in [-0.39, 0.29) is 12.5 Å². The number of nitrogens with one attached hydrogen (secondary N) is 1. The van der Waals surface area contributed by atoms with Crippen LogP contribution < -0.4 is 4.72 Å². The topological polar surface area (TPSA) is 90.2 Å². The molecule has 0 aromatic heterocycles. The van der Waals surface area contributed by atoms with Crippen LogP contribution in [0.15, 0.2) is 0 Å². The molecule has 0 amide bonds. The van der Waals surface area contributed by atoms with Crippen molar-refractivity contribution in [2.75, 3.05) is 0 Å². The van der Waals surface area contributed by atoms with Gasteiger partial charge in [0.1, 0.15) is 0 Å². The average Bonchev–Trinajstić information content (AvgIpc) is 2.18. The molecule has 1 saturated carbocycles. The third kappa shape index (κ3) is 2.21. The predicted molar refractivity (Wildman–Crippen MR) is 59.9 cm³/mol. The highest BCUT2D eigenvalue weighted by Gasteiger charge is 2.49. The van der Waals surface area contributed by atoms with Gasteiger partial charge in [0.25, 0.3) is 0 Å². The summed E-state index contributed by atoms with van der Waals surface area (Å²) in [5, 5.41) is 17.2. The summed E-state index contributed by atoms with van der Waals surface area (Å²) in [6, 6.07) is 1.49. The van der Waals surface area contributed by atoms with E-state index >= 15 is 0 Å². The molecule has 0 aromatic carbocycles. The summed E-state index contributed by atoms with van der Waals surface area (Å²) >= 11 is 0. The minimum Gasteiger partial charge on any atom is -0.392 e. The molecule has 92 valence electrons. The third-order valence-electron chi connectivity index (χ3n) is 3.41. The highest BCUT2D eigenvalue weighted by molar-refractivity contribution is 7.90. The molecule has 0 radical (unpaired) electrons. The first-order chi connectivity index (χ1) is 7.25. The van der Waals surface area contributed by atoms with E-state index in [1.807, 2.05) is 13.8 Å². The molecule has 3 atom stereocenters. The number of hydrogen-bond donors (Lipinski definition) is 2. The zero-order valence-electron chi connectivity index (χ0n) is 9.77. The smallest absolute Gasteiger partial charge is 0.228 e. The van der Waals surface area contributed by atoms with Gasteiger partial charge in [0, 0.05) is 11.5 Å². The SMILES string of the molecule is CCC(C#N)S(=O)(=O)NC1CC(O)C1(C)C. The second-order valence-electron chi connectivity index (χ2n) is 4.81. The molecule has 1 fully saturated rings. The summed E-state index contributed by atoms with van der Waals surface area (Å²) in [5.41, 5.74) is -0.458. The summed E-state index contributed by atoms with van der Waals surface area (Å²) in [7, 11) is -3.60. The number of aliphatic hydroxyl groups excluding tert-OH is 1. The Balaban J connectivity index is 2.73. The van der Waals surface area contributed by atoms with E-state index in [1.54, 1.807) is 13.0 Å². The summed E-state index contributed by atoms with van der Waals surface area (Å²) in [5.74, 6) is 0. The Morgan fingerprint density at radius 1 is 1.62 bits per heavy atom. The van der Waals surface area contributed by atoms with Crippen LogP contribution in [0.3, 0.4) is 0 Å². The quantitative estimate of drug-likeness (QED) is 0.749. The number of hydrogen-bond acceptors (Lipinski definition) is 4. The first-order valence-electron chi connectivity index (χ1n) is 5.34. The number of nitriles is 1. The van der Waals surface area contributed by atoms with E-state index in [0.29, 0.717) is 6.42 Å². The van der Waals surface area contributed by atoms with Gasteiger partial charge < -0.3 is 5.11 Å². The van der Waals surface area contributed by atoms with Crippen LogP contribution in [0.5, 0.6) is 0 Å². The largest absolute Gasteiger partial charge is 0.392 e. The summed E-state index contributed by atoms with van der Waals surface area (Å²) in [4.78, 5) is 0. The van der Waals surface area contributed by atoms with Crippen molar-refractivity contribution in [2.45, 2.75) is 51.0 Å². The first-order valence-corrected chi connectivity index (χ1v) is 6.89. The molecule has 1 aliphatic rings. The summed E-state index contributed by atoms with van der Waals surface area (Å²) < 4.78 is 26.1. The first kappa shape index (κ1) is 13.4. The Kier molecular flexibility index (Phi) is 3.62. The minimum atomic E-state index is -3.60. The van der Waals surface area contributed by atoms with Gasteiger partial charge in [-0.25, -0.2) is 13.1 Å². The van der Waals surface area contributed by atoms with Crippen molar-refractivity contribution in [3.8, 4) is 6.07 Å².